The Labute approximate surface area is 117 Å². The van der Waals surface area contributed by atoms with Crippen LogP contribution in [0.1, 0.15) is 12.5 Å². The van der Waals surface area contributed by atoms with Gasteiger partial charge in [0.15, 0.2) is 0 Å². The van der Waals surface area contributed by atoms with Crippen LogP contribution in [0.15, 0.2) is 47.7 Å². The number of esters is 2. The van der Waals surface area contributed by atoms with Crippen LogP contribution in [0.3, 0.4) is 0 Å². The number of hydrogen-bond donors (Lipinski definition) is 1. The third kappa shape index (κ3) is 3.71. The van der Waals surface area contributed by atoms with Crippen molar-refractivity contribution in [1.29, 1.82) is 0 Å². The largest absolute Gasteiger partial charge is 0.512 e. The highest BCUT2D eigenvalue weighted by Gasteiger charge is 2.21. The van der Waals surface area contributed by atoms with Gasteiger partial charge in [0.25, 0.3) is 0 Å². The number of benzene rings is 1. The number of hydrogen-bond acceptors (Lipinski definition) is 5. The molecular formula is C15H16O5. The number of allylic oxidation sites excluding steroid dienone is 1. The van der Waals surface area contributed by atoms with Gasteiger partial charge in [0.05, 0.1) is 14.2 Å². The maximum absolute atomic E-state index is 11.8. The Balaban J connectivity index is 3.46. The third-order valence-electron chi connectivity index (χ3n) is 2.57. The van der Waals surface area contributed by atoms with E-state index in [-0.39, 0.29) is 16.9 Å². The van der Waals surface area contributed by atoms with E-state index < -0.39 is 11.9 Å². The zero-order valence-corrected chi connectivity index (χ0v) is 11.5. The molecule has 0 saturated carbocycles. The van der Waals surface area contributed by atoms with Crippen molar-refractivity contribution in [1.82, 2.24) is 0 Å². The molecule has 1 rings (SSSR count). The van der Waals surface area contributed by atoms with Gasteiger partial charge in [-0.05, 0) is 12.5 Å². The lowest BCUT2D eigenvalue weighted by atomic mass is 9.96. The normalized spacial score (nSPS) is 12.4. The molecule has 0 bridgehead atoms. The van der Waals surface area contributed by atoms with Gasteiger partial charge in [0.2, 0.25) is 0 Å². The summed E-state index contributed by atoms with van der Waals surface area (Å²) >= 11 is 0. The van der Waals surface area contributed by atoms with Crippen LogP contribution >= 0.6 is 0 Å². The minimum Gasteiger partial charge on any atom is -0.512 e. The maximum atomic E-state index is 11.8. The van der Waals surface area contributed by atoms with E-state index in [2.05, 4.69) is 9.47 Å². The molecule has 20 heavy (non-hydrogen) atoms. The summed E-state index contributed by atoms with van der Waals surface area (Å²) in [4.78, 5) is 23.3. The standard InChI is InChI=1S/C15H16O5/c1-10(16)14(15(18)20-3)12(9-13(17)19-2)11-7-5-4-6-8-11/h4-9,16H,1-3H3/b12-9+,14-10+. The topological polar surface area (TPSA) is 72.8 Å². The molecule has 0 spiro atoms. The molecule has 0 saturated heterocycles. The summed E-state index contributed by atoms with van der Waals surface area (Å²) in [6.07, 6.45) is 1.14. The number of aliphatic hydroxyl groups is 1. The lowest BCUT2D eigenvalue weighted by Gasteiger charge is -2.11. The molecule has 0 radical (unpaired) electrons. The predicted octanol–water partition coefficient (Wildman–Crippen LogP) is 2.25. The first kappa shape index (κ1) is 15.5. The summed E-state index contributed by atoms with van der Waals surface area (Å²) in [6.45, 7) is 1.35. The van der Waals surface area contributed by atoms with Crippen LogP contribution in [0.4, 0.5) is 0 Å². The van der Waals surface area contributed by atoms with Gasteiger partial charge < -0.3 is 14.6 Å². The van der Waals surface area contributed by atoms with E-state index in [0.717, 1.165) is 6.08 Å². The predicted molar refractivity (Wildman–Crippen MR) is 73.8 cm³/mol. The van der Waals surface area contributed by atoms with Gasteiger partial charge in [0, 0.05) is 11.6 Å². The van der Waals surface area contributed by atoms with Gasteiger partial charge in [-0.25, -0.2) is 9.59 Å². The van der Waals surface area contributed by atoms with Gasteiger partial charge in [-0.1, -0.05) is 30.3 Å². The molecule has 0 unspecified atom stereocenters. The first-order valence-corrected chi connectivity index (χ1v) is 5.84. The molecule has 0 fully saturated rings. The second-order valence-corrected chi connectivity index (χ2v) is 3.90. The van der Waals surface area contributed by atoms with Crippen molar-refractivity contribution in [2.24, 2.45) is 0 Å². The van der Waals surface area contributed by atoms with Crippen molar-refractivity contribution in [3.63, 3.8) is 0 Å². The molecule has 5 heteroatoms. The van der Waals surface area contributed by atoms with Crippen LogP contribution < -0.4 is 0 Å². The van der Waals surface area contributed by atoms with Crippen molar-refractivity contribution < 1.29 is 24.2 Å². The van der Waals surface area contributed by atoms with Crippen LogP contribution in [-0.4, -0.2) is 31.3 Å². The molecule has 1 aromatic rings. The molecule has 0 amide bonds. The fourth-order valence-electron chi connectivity index (χ4n) is 1.65. The van der Waals surface area contributed by atoms with Gasteiger partial charge in [-0.3, -0.25) is 0 Å². The molecule has 0 aliphatic carbocycles. The second-order valence-electron chi connectivity index (χ2n) is 3.90. The molecule has 0 aliphatic heterocycles. The minimum absolute atomic E-state index is 0.0795. The van der Waals surface area contributed by atoms with E-state index in [1.54, 1.807) is 30.3 Å². The van der Waals surface area contributed by atoms with Gasteiger partial charge in [-0.15, -0.1) is 0 Å². The molecule has 5 nitrogen and oxygen atoms in total. The molecule has 1 N–H and O–H groups in total. The van der Waals surface area contributed by atoms with E-state index in [1.807, 2.05) is 0 Å². The van der Waals surface area contributed by atoms with Crippen LogP contribution in [0, 0.1) is 0 Å². The first-order valence-electron chi connectivity index (χ1n) is 5.84. The lowest BCUT2D eigenvalue weighted by Crippen LogP contribution is -2.11. The van der Waals surface area contributed by atoms with Crippen molar-refractivity contribution in [3.8, 4) is 0 Å². The highest BCUT2D eigenvalue weighted by Crippen LogP contribution is 2.26. The zero-order valence-electron chi connectivity index (χ0n) is 11.5. The Morgan fingerprint density at radius 1 is 1.10 bits per heavy atom. The fourth-order valence-corrected chi connectivity index (χ4v) is 1.65. The molecule has 106 valence electrons. The Morgan fingerprint density at radius 3 is 2.15 bits per heavy atom. The minimum atomic E-state index is -0.732. The quantitative estimate of drug-likeness (QED) is 0.395. The summed E-state index contributed by atoms with van der Waals surface area (Å²) in [5.41, 5.74) is 0.750. The SMILES string of the molecule is COC(=O)/C=C(/C(C(=O)OC)=C(/C)O)c1ccccc1. The summed E-state index contributed by atoms with van der Waals surface area (Å²) in [7, 11) is 2.43. The van der Waals surface area contributed by atoms with Crippen LogP contribution in [-0.2, 0) is 19.1 Å². The van der Waals surface area contributed by atoms with E-state index in [0.29, 0.717) is 5.56 Å². The maximum Gasteiger partial charge on any atom is 0.341 e. The highest BCUT2D eigenvalue weighted by atomic mass is 16.5. The molecular weight excluding hydrogens is 260 g/mol. The Hall–Kier alpha value is -2.56. The average Bonchev–Trinajstić information content (AvgIpc) is 2.46. The number of carbonyl (C=O) groups is 2. The van der Waals surface area contributed by atoms with Crippen molar-refractivity contribution in [3.05, 3.63) is 53.3 Å². The van der Waals surface area contributed by atoms with Crippen LogP contribution in [0.25, 0.3) is 5.57 Å². The second kappa shape index (κ2) is 7.13. The zero-order chi connectivity index (χ0) is 15.1. The number of aliphatic hydroxyl groups excluding tert-OH is 1. The highest BCUT2D eigenvalue weighted by molar-refractivity contribution is 6.10. The van der Waals surface area contributed by atoms with E-state index >= 15 is 0 Å². The summed E-state index contributed by atoms with van der Waals surface area (Å²) in [5.74, 6) is -1.61. The first-order chi connectivity index (χ1) is 9.51. The molecule has 0 heterocycles. The number of rotatable bonds is 4. The van der Waals surface area contributed by atoms with Gasteiger partial charge in [-0.2, -0.15) is 0 Å². The smallest absolute Gasteiger partial charge is 0.341 e. The van der Waals surface area contributed by atoms with Gasteiger partial charge in [0.1, 0.15) is 11.3 Å². The van der Waals surface area contributed by atoms with Crippen LogP contribution in [0.5, 0.6) is 0 Å². The van der Waals surface area contributed by atoms with Crippen LogP contribution in [0.2, 0.25) is 0 Å². The lowest BCUT2D eigenvalue weighted by molar-refractivity contribution is -0.135. The molecule has 0 aliphatic rings. The number of ether oxygens (including phenoxy) is 2. The van der Waals surface area contributed by atoms with Gasteiger partial charge >= 0.3 is 11.9 Å². The molecule has 0 aromatic heterocycles. The summed E-state index contributed by atoms with van der Waals surface area (Å²) < 4.78 is 9.22. The van der Waals surface area contributed by atoms with E-state index in [4.69, 9.17) is 0 Å². The number of methoxy groups -OCH3 is 2. The van der Waals surface area contributed by atoms with E-state index in [1.165, 1.54) is 21.1 Å². The average molecular weight is 276 g/mol. The summed E-state index contributed by atoms with van der Waals surface area (Å²) in [5, 5.41) is 9.72. The Kier molecular flexibility index (Phi) is 5.53. The monoisotopic (exact) mass is 276 g/mol. The van der Waals surface area contributed by atoms with E-state index in [9.17, 15) is 14.7 Å². The van der Waals surface area contributed by atoms with Crippen molar-refractivity contribution in [2.75, 3.05) is 14.2 Å². The van der Waals surface area contributed by atoms with Crippen molar-refractivity contribution >= 4 is 17.5 Å². The Morgan fingerprint density at radius 2 is 1.70 bits per heavy atom. The van der Waals surface area contributed by atoms with Crippen molar-refractivity contribution in [2.45, 2.75) is 6.92 Å². The number of carbonyl (C=O) groups excluding carboxylic acids is 2. The molecule has 0 atom stereocenters. The summed E-state index contributed by atoms with van der Waals surface area (Å²) in [6, 6.07) is 8.72. The molecule has 1 aromatic carbocycles. The third-order valence-corrected chi connectivity index (χ3v) is 2.57. The fraction of sp³-hybridized carbons (Fsp3) is 0.200. The Bertz CT molecular complexity index is 551.